The van der Waals surface area contributed by atoms with Crippen LogP contribution in [0, 0.1) is 0 Å². The first-order valence-corrected chi connectivity index (χ1v) is 4.10. The highest BCUT2D eigenvalue weighted by Crippen LogP contribution is 2.23. The first-order chi connectivity index (χ1) is 5.90. The number of nitrogens with one attached hydrogen (secondary N) is 1. The fourth-order valence-electron chi connectivity index (χ4n) is 1.30. The lowest BCUT2D eigenvalue weighted by Gasteiger charge is -2.14. The van der Waals surface area contributed by atoms with Crippen LogP contribution in [0.25, 0.3) is 6.08 Å². The summed E-state index contributed by atoms with van der Waals surface area (Å²) in [4.78, 5) is 0. The molecule has 1 aliphatic rings. The molecule has 1 nitrogen and oxygen atoms in total. The predicted octanol–water partition coefficient (Wildman–Crippen LogP) is 3.03. The summed E-state index contributed by atoms with van der Waals surface area (Å²) in [7, 11) is 0. The van der Waals surface area contributed by atoms with Crippen molar-refractivity contribution in [3.63, 3.8) is 0 Å². The average Bonchev–Trinajstić information content (AvgIpc) is 2.17. The second kappa shape index (κ2) is 2.86. The molecule has 2 rings (SSSR count). The molecule has 0 atom stereocenters. The summed E-state index contributed by atoms with van der Waals surface area (Å²) in [6, 6.07) is 8.28. The molecule has 1 aromatic rings. The molecule has 1 N–H and O–H groups in total. The van der Waals surface area contributed by atoms with Crippen LogP contribution in [0.5, 0.6) is 0 Å². The summed E-state index contributed by atoms with van der Waals surface area (Å²) in [5.41, 5.74) is 3.60. The van der Waals surface area contributed by atoms with Crippen molar-refractivity contribution in [2.24, 2.45) is 0 Å². The zero-order chi connectivity index (χ0) is 8.39. The molecule has 0 amide bonds. The highest BCUT2D eigenvalue weighted by molar-refractivity contribution is 5.74. The molecular weight excluding hydrogens is 146 g/mol. The quantitative estimate of drug-likeness (QED) is 0.610. The number of benzene rings is 1. The normalized spacial score (nSPS) is 17.2. The summed E-state index contributed by atoms with van der Waals surface area (Å²) < 4.78 is 0. The molecule has 0 spiro atoms. The van der Waals surface area contributed by atoms with Gasteiger partial charge in [0, 0.05) is 11.4 Å². The van der Waals surface area contributed by atoms with Crippen molar-refractivity contribution in [2.75, 3.05) is 5.32 Å². The molecule has 0 bridgehead atoms. The third-order valence-corrected chi connectivity index (χ3v) is 1.99. The Kier molecular flexibility index (Phi) is 1.71. The molecule has 1 aromatic carbocycles. The van der Waals surface area contributed by atoms with Crippen LogP contribution in [-0.4, -0.2) is 0 Å². The smallest absolute Gasteiger partial charge is 0.0457 e. The van der Waals surface area contributed by atoms with E-state index in [9.17, 15) is 0 Å². The Morgan fingerprint density at radius 1 is 1.17 bits per heavy atom. The summed E-state index contributed by atoms with van der Waals surface area (Å²) >= 11 is 0. The Hall–Kier alpha value is -1.50. The van der Waals surface area contributed by atoms with Crippen LogP contribution in [0.3, 0.4) is 0 Å². The van der Waals surface area contributed by atoms with E-state index in [0.717, 1.165) is 5.70 Å². The van der Waals surface area contributed by atoms with Gasteiger partial charge in [-0.25, -0.2) is 0 Å². The zero-order valence-corrected chi connectivity index (χ0v) is 7.04. The Morgan fingerprint density at radius 2 is 2.00 bits per heavy atom. The van der Waals surface area contributed by atoms with Gasteiger partial charge >= 0.3 is 0 Å². The number of rotatable bonds is 0. The van der Waals surface area contributed by atoms with E-state index in [2.05, 4.69) is 35.7 Å². The maximum Gasteiger partial charge on any atom is 0.0457 e. The van der Waals surface area contributed by atoms with Gasteiger partial charge in [-0.3, -0.25) is 0 Å². The van der Waals surface area contributed by atoms with Crippen LogP contribution >= 0.6 is 0 Å². The van der Waals surface area contributed by atoms with Crippen LogP contribution in [-0.2, 0) is 0 Å². The van der Waals surface area contributed by atoms with Crippen molar-refractivity contribution < 1.29 is 0 Å². The summed E-state index contributed by atoms with van der Waals surface area (Å²) in [6.45, 7) is 2.03. The summed E-state index contributed by atoms with van der Waals surface area (Å²) in [5, 5.41) is 3.32. The lowest BCUT2D eigenvalue weighted by Crippen LogP contribution is -2.01. The fraction of sp³-hybridized carbons (Fsp3) is 0.0909. The Labute approximate surface area is 72.4 Å². The van der Waals surface area contributed by atoms with Crippen molar-refractivity contribution in [2.45, 2.75) is 6.92 Å². The minimum atomic E-state index is 1.16. The molecule has 1 heteroatoms. The Balaban J connectivity index is 2.46. The van der Waals surface area contributed by atoms with E-state index in [4.69, 9.17) is 0 Å². The summed E-state index contributed by atoms with van der Waals surface area (Å²) in [5.74, 6) is 0. The maximum absolute atomic E-state index is 3.32. The van der Waals surface area contributed by atoms with Crippen LogP contribution in [0.2, 0.25) is 0 Å². The average molecular weight is 157 g/mol. The second-order valence-corrected chi connectivity index (χ2v) is 2.79. The van der Waals surface area contributed by atoms with Gasteiger partial charge in [-0.15, -0.1) is 0 Å². The highest BCUT2D eigenvalue weighted by atomic mass is 14.9. The maximum atomic E-state index is 3.32. The van der Waals surface area contributed by atoms with Gasteiger partial charge in [-0.05, 0) is 24.6 Å². The number of allylic oxidation sites excluding steroid dienone is 2. The number of anilines is 1. The molecule has 0 saturated heterocycles. The second-order valence-electron chi connectivity index (χ2n) is 2.79. The van der Waals surface area contributed by atoms with Gasteiger partial charge in [0.05, 0.1) is 0 Å². The molecule has 0 saturated carbocycles. The van der Waals surface area contributed by atoms with Crippen molar-refractivity contribution in [1.82, 2.24) is 0 Å². The molecule has 0 aromatic heterocycles. The molecule has 0 radical (unpaired) electrons. The Bertz CT molecular complexity index is 348. The third kappa shape index (κ3) is 1.14. The van der Waals surface area contributed by atoms with Crippen LogP contribution in [0.15, 0.2) is 42.1 Å². The van der Waals surface area contributed by atoms with E-state index in [0.29, 0.717) is 0 Å². The molecule has 12 heavy (non-hydrogen) atoms. The number of hydrogen-bond acceptors (Lipinski definition) is 1. The zero-order valence-electron chi connectivity index (χ0n) is 7.04. The topological polar surface area (TPSA) is 12.0 Å². The largest absolute Gasteiger partial charge is 0.355 e. The molecule has 0 unspecified atom stereocenters. The van der Waals surface area contributed by atoms with Gasteiger partial charge in [-0.1, -0.05) is 30.4 Å². The third-order valence-electron chi connectivity index (χ3n) is 1.99. The van der Waals surface area contributed by atoms with E-state index < -0.39 is 0 Å². The van der Waals surface area contributed by atoms with Gasteiger partial charge in [0.1, 0.15) is 0 Å². The first kappa shape index (κ1) is 7.17. The number of para-hydroxylation sites is 1. The van der Waals surface area contributed by atoms with Crippen molar-refractivity contribution in [1.29, 1.82) is 0 Å². The fourth-order valence-corrected chi connectivity index (χ4v) is 1.30. The SMILES string of the molecule is CC=C1C=Cc2ccccc2N1. The van der Waals surface area contributed by atoms with Gasteiger partial charge < -0.3 is 5.32 Å². The van der Waals surface area contributed by atoms with Crippen molar-refractivity contribution in [3.8, 4) is 0 Å². The minimum absolute atomic E-state index is 1.16. The van der Waals surface area contributed by atoms with E-state index in [-0.39, 0.29) is 0 Å². The van der Waals surface area contributed by atoms with Crippen LogP contribution in [0.1, 0.15) is 12.5 Å². The van der Waals surface area contributed by atoms with E-state index >= 15 is 0 Å². The molecule has 1 aliphatic heterocycles. The van der Waals surface area contributed by atoms with Crippen molar-refractivity contribution >= 4 is 11.8 Å². The standard InChI is InChI=1S/C11H11N/c1-2-10-8-7-9-5-3-4-6-11(9)12-10/h2-8,12H,1H3. The van der Waals surface area contributed by atoms with E-state index in [1.165, 1.54) is 11.3 Å². The van der Waals surface area contributed by atoms with Gasteiger partial charge in [0.2, 0.25) is 0 Å². The van der Waals surface area contributed by atoms with Gasteiger partial charge in [0.15, 0.2) is 0 Å². The van der Waals surface area contributed by atoms with Gasteiger partial charge in [0.25, 0.3) is 0 Å². The molecule has 0 fully saturated rings. The first-order valence-electron chi connectivity index (χ1n) is 4.10. The number of fused-ring (bicyclic) bond motifs is 1. The monoisotopic (exact) mass is 157 g/mol. The van der Waals surface area contributed by atoms with E-state index in [1.54, 1.807) is 0 Å². The Morgan fingerprint density at radius 3 is 2.83 bits per heavy atom. The van der Waals surface area contributed by atoms with E-state index in [1.807, 2.05) is 19.1 Å². The molecule has 60 valence electrons. The minimum Gasteiger partial charge on any atom is -0.355 e. The molecule has 1 heterocycles. The van der Waals surface area contributed by atoms with Crippen molar-refractivity contribution in [3.05, 3.63) is 47.7 Å². The summed E-state index contributed by atoms with van der Waals surface area (Å²) in [6.07, 6.45) is 6.27. The predicted molar refractivity (Wildman–Crippen MR) is 52.9 cm³/mol. The lowest BCUT2D eigenvalue weighted by molar-refractivity contribution is 1.41. The number of hydrogen-bond donors (Lipinski definition) is 1. The molecular formula is C11H11N. The van der Waals surface area contributed by atoms with Gasteiger partial charge in [-0.2, -0.15) is 0 Å². The van der Waals surface area contributed by atoms with Crippen LogP contribution in [0.4, 0.5) is 5.69 Å². The molecule has 0 aliphatic carbocycles. The van der Waals surface area contributed by atoms with Crippen LogP contribution < -0.4 is 5.32 Å². The highest BCUT2D eigenvalue weighted by Gasteiger charge is 2.03. The lowest BCUT2D eigenvalue weighted by atomic mass is 10.1.